The van der Waals surface area contributed by atoms with Crippen LogP contribution in [-0.4, -0.2) is 62.5 Å². The highest BCUT2D eigenvalue weighted by atomic mass is 35.5. The van der Waals surface area contributed by atoms with Gasteiger partial charge in [-0.15, -0.1) is 0 Å². The number of pyridine rings is 1. The summed E-state index contributed by atoms with van der Waals surface area (Å²) in [6, 6.07) is -0.456. The van der Waals surface area contributed by atoms with Gasteiger partial charge in [0.1, 0.15) is 0 Å². The first-order valence-electron chi connectivity index (χ1n) is 13.5. The number of alkyl halides is 3. The van der Waals surface area contributed by atoms with Crippen molar-refractivity contribution in [2.45, 2.75) is 90.3 Å². The van der Waals surface area contributed by atoms with E-state index in [1.807, 2.05) is 6.92 Å². The van der Waals surface area contributed by atoms with Gasteiger partial charge in [-0.1, -0.05) is 38.3 Å². The molecule has 6 nitrogen and oxygen atoms in total. The number of carboxylic acids is 1. The minimum Gasteiger partial charge on any atom is -0.481 e. The summed E-state index contributed by atoms with van der Waals surface area (Å²) in [4.78, 5) is 30.7. The van der Waals surface area contributed by atoms with Crippen LogP contribution in [0.1, 0.15) is 76.3 Å². The summed E-state index contributed by atoms with van der Waals surface area (Å²) in [6.07, 6.45) is 6.39. The van der Waals surface area contributed by atoms with Gasteiger partial charge in [0, 0.05) is 38.3 Å². The van der Waals surface area contributed by atoms with Crippen LogP contribution in [0.15, 0.2) is 24.2 Å². The second-order valence-electron chi connectivity index (χ2n) is 11.2. The number of aliphatic carboxylic acids is 1. The fourth-order valence-electron chi connectivity index (χ4n) is 6.29. The molecule has 0 atom stereocenters. The summed E-state index contributed by atoms with van der Waals surface area (Å²) < 4.78 is 43.9. The molecule has 3 aliphatic rings. The molecule has 1 aromatic heterocycles. The third kappa shape index (κ3) is 6.08. The molecule has 0 bridgehead atoms. The van der Waals surface area contributed by atoms with Crippen molar-refractivity contribution in [1.82, 2.24) is 9.88 Å². The number of carbonyl (C=O) groups is 2. The van der Waals surface area contributed by atoms with Gasteiger partial charge in [-0.05, 0) is 55.1 Å². The summed E-state index contributed by atoms with van der Waals surface area (Å²) in [7, 11) is 0. The van der Waals surface area contributed by atoms with E-state index in [0.29, 0.717) is 50.1 Å². The monoisotopic (exact) mass is 554 g/mol. The van der Waals surface area contributed by atoms with E-state index < -0.39 is 35.7 Å². The third-order valence-electron chi connectivity index (χ3n) is 8.50. The Morgan fingerprint density at radius 2 is 1.84 bits per heavy atom. The van der Waals surface area contributed by atoms with Gasteiger partial charge < -0.3 is 10.0 Å². The van der Waals surface area contributed by atoms with Crippen LogP contribution >= 0.6 is 11.6 Å². The summed E-state index contributed by atoms with van der Waals surface area (Å²) in [5.41, 5.74) is 0.488. The first-order valence-corrected chi connectivity index (χ1v) is 13.9. The van der Waals surface area contributed by atoms with Crippen molar-refractivity contribution in [2.24, 2.45) is 11.3 Å². The number of halogens is 4. The largest absolute Gasteiger partial charge is 0.481 e. The predicted molar refractivity (Wildman–Crippen MR) is 138 cm³/mol. The maximum atomic E-state index is 14.3. The molecule has 1 aromatic rings. The van der Waals surface area contributed by atoms with E-state index in [1.165, 1.54) is 6.20 Å². The molecule has 2 saturated carbocycles. The first kappa shape index (κ1) is 28.6. The lowest BCUT2D eigenvalue weighted by molar-refractivity contribution is -0.523. The standard InChI is InChI=1S/C28H35ClF3N3O3/c1-3-18-14-33-15-23(29)21(18)10-13-34(17-27(2)11-4-5-12-27)25(36)22-16-35(24(22)28(30,31)32)20-8-6-19(7-9-20)26(37)38/h14-16,19-20H,3-13,17H2,1-2H3/p+1. The molecule has 0 spiro atoms. The van der Waals surface area contributed by atoms with Crippen LogP contribution in [0.2, 0.25) is 5.02 Å². The number of hydrogen-bond acceptors (Lipinski definition) is 3. The molecule has 208 valence electrons. The Balaban J connectivity index is 1.57. The Bertz CT molecular complexity index is 1130. The van der Waals surface area contributed by atoms with Crippen LogP contribution in [0.25, 0.3) is 0 Å². The van der Waals surface area contributed by atoms with E-state index in [0.717, 1.165) is 41.4 Å². The second-order valence-corrected chi connectivity index (χ2v) is 11.7. The van der Waals surface area contributed by atoms with Crippen LogP contribution in [0.4, 0.5) is 13.2 Å². The Hall–Kier alpha value is -2.42. The molecule has 2 aliphatic carbocycles. The van der Waals surface area contributed by atoms with Crippen LogP contribution in [0, 0.1) is 11.3 Å². The Kier molecular flexibility index (Phi) is 8.55. The van der Waals surface area contributed by atoms with Crippen molar-refractivity contribution in [1.29, 1.82) is 0 Å². The Morgan fingerprint density at radius 1 is 1.18 bits per heavy atom. The molecule has 2 heterocycles. The van der Waals surface area contributed by atoms with E-state index in [-0.39, 0.29) is 17.5 Å². The van der Waals surface area contributed by atoms with Crippen LogP contribution in [-0.2, 0) is 22.4 Å². The number of aromatic nitrogens is 1. The topological polar surface area (TPSA) is 73.5 Å². The van der Waals surface area contributed by atoms with Gasteiger partial charge >= 0.3 is 17.9 Å². The van der Waals surface area contributed by atoms with Gasteiger partial charge in [-0.2, -0.15) is 17.7 Å². The number of carbonyl (C=O) groups excluding carboxylic acids is 1. The normalized spacial score (nSPS) is 23.2. The molecule has 2 fully saturated rings. The molecule has 4 rings (SSSR count). The van der Waals surface area contributed by atoms with E-state index in [2.05, 4.69) is 11.9 Å². The average Bonchev–Trinajstić information content (AvgIpc) is 3.26. The molecule has 10 heteroatoms. The van der Waals surface area contributed by atoms with Crippen molar-refractivity contribution in [3.05, 3.63) is 40.3 Å². The van der Waals surface area contributed by atoms with Crippen molar-refractivity contribution in [2.75, 3.05) is 13.1 Å². The summed E-state index contributed by atoms with van der Waals surface area (Å²) >= 11 is 6.41. The molecule has 0 aromatic carbocycles. The zero-order chi connectivity index (χ0) is 27.7. The number of rotatable bonds is 9. The summed E-state index contributed by atoms with van der Waals surface area (Å²) in [6.45, 7) is 4.75. The predicted octanol–water partition coefficient (Wildman–Crippen LogP) is 5.81. The van der Waals surface area contributed by atoms with Crippen molar-refractivity contribution in [3.8, 4) is 0 Å². The number of aryl methyl sites for hydroxylation is 1. The van der Waals surface area contributed by atoms with Crippen molar-refractivity contribution >= 4 is 29.2 Å². The Labute approximate surface area is 226 Å². The number of amides is 1. The van der Waals surface area contributed by atoms with Crippen molar-refractivity contribution < 1.29 is 32.4 Å². The summed E-state index contributed by atoms with van der Waals surface area (Å²) in [5.74, 6) is -2.04. The maximum Gasteiger partial charge on any atom is 0.478 e. The lowest BCUT2D eigenvalue weighted by atomic mass is 9.84. The second kappa shape index (κ2) is 11.4. The number of carboxylic acid groups (broad SMARTS) is 1. The first-order chi connectivity index (χ1) is 17.9. The highest BCUT2D eigenvalue weighted by molar-refractivity contribution is 6.31. The average molecular weight is 555 g/mol. The van der Waals surface area contributed by atoms with Crippen LogP contribution < -0.4 is 0 Å². The molecule has 0 radical (unpaired) electrons. The molecule has 0 saturated heterocycles. The SMILES string of the molecule is CCc1cncc(Cl)c1CCN(CC1(C)CCCC1)C(=O)C1=C[N+](C2CCC(C(=O)O)CC2)=C1C(F)(F)F. The quantitative estimate of drug-likeness (QED) is 0.391. The van der Waals surface area contributed by atoms with Crippen molar-refractivity contribution in [3.63, 3.8) is 0 Å². The maximum absolute atomic E-state index is 14.3. The van der Waals surface area contributed by atoms with Gasteiger partial charge in [-0.25, -0.2) is 0 Å². The van der Waals surface area contributed by atoms with Gasteiger partial charge in [0.2, 0.25) is 0 Å². The zero-order valence-corrected chi connectivity index (χ0v) is 22.7. The summed E-state index contributed by atoms with van der Waals surface area (Å²) in [5, 5.41) is 9.74. The van der Waals surface area contributed by atoms with E-state index >= 15 is 0 Å². The van der Waals surface area contributed by atoms with Gasteiger partial charge in [0.05, 0.1) is 10.9 Å². The highest BCUT2D eigenvalue weighted by Crippen LogP contribution is 2.40. The van der Waals surface area contributed by atoms with Crippen LogP contribution in [0.5, 0.6) is 0 Å². The molecule has 1 N–H and O–H groups in total. The van der Waals surface area contributed by atoms with E-state index in [1.54, 1.807) is 17.3 Å². The van der Waals surface area contributed by atoms with Gasteiger partial charge in [0.25, 0.3) is 5.91 Å². The molecule has 0 unspecified atom stereocenters. The molecule has 1 amide bonds. The minimum atomic E-state index is -4.68. The van der Waals surface area contributed by atoms with Crippen LogP contribution in [0.3, 0.4) is 0 Å². The molecular formula is C28H36ClF3N3O3+. The lowest BCUT2D eigenvalue weighted by Crippen LogP contribution is -2.51. The zero-order valence-electron chi connectivity index (χ0n) is 22.0. The Morgan fingerprint density at radius 3 is 2.42 bits per heavy atom. The van der Waals surface area contributed by atoms with Gasteiger partial charge in [-0.3, -0.25) is 14.6 Å². The van der Waals surface area contributed by atoms with E-state index in [4.69, 9.17) is 11.6 Å². The fourth-order valence-corrected chi connectivity index (χ4v) is 6.56. The number of hydrogen-bond donors (Lipinski definition) is 1. The number of nitrogens with zero attached hydrogens (tertiary/aromatic N) is 3. The van der Waals surface area contributed by atoms with E-state index in [9.17, 15) is 27.9 Å². The highest BCUT2D eigenvalue weighted by Gasteiger charge is 2.56. The lowest BCUT2D eigenvalue weighted by Gasteiger charge is -2.34. The fraction of sp³-hybridized carbons (Fsp3) is 0.643. The minimum absolute atomic E-state index is 0.136. The third-order valence-corrected chi connectivity index (χ3v) is 8.82. The molecule has 1 aliphatic heterocycles. The smallest absolute Gasteiger partial charge is 0.478 e. The molecular weight excluding hydrogens is 519 g/mol. The molecule has 38 heavy (non-hydrogen) atoms. The van der Waals surface area contributed by atoms with Gasteiger partial charge in [0.15, 0.2) is 17.8 Å².